The van der Waals surface area contributed by atoms with Gasteiger partial charge in [-0.25, -0.2) is 0 Å². The smallest absolute Gasteiger partial charge is 0.307 e. The van der Waals surface area contributed by atoms with Gasteiger partial charge in [0.1, 0.15) is 0 Å². The summed E-state index contributed by atoms with van der Waals surface area (Å²) in [6.07, 6.45) is 8.62. The topological polar surface area (TPSA) is 53.4 Å². The Bertz CT molecular complexity index is 771. The summed E-state index contributed by atoms with van der Waals surface area (Å²) in [6.45, 7) is 4.67. The molecule has 1 aromatic carbocycles. The Morgan fingerprint density at radius 1 is 1.31 bits per heavy atom. The van der Waals surface area contributed by atoms with Gasteiger partial charge in [0, 0.05) is 31.0 Å². The monoisotopic (exact) mass is 350 g/mol. The molecular weight excluding hydrogens is 324 g/mol. The van der Waals surface area contributed by atoms with Crippen LogP contribution in [0.1, 0.15) is 36.0 Å². The number of piperidine rings is 1. The molecule has 1 aliphatic rings. The van der Waals surface area contributed by atoms with E-state index < -0.39 is 5.97 Å². The molecule has 0 radical (unpaired) electrons. The van der Waals surface area contributed by atoms with Gasteiger partial charge in [-0.05, 0) is 55.5 Å². The third kappa shape index (κ3) is 4.58. The Morgan fingerprint density at radius 3 is 2.88 bits per heavy atom. The van der Waals surface area contributed by atoms with Crippen LogP contribution in [-0.2, 0) is 4.79 Å². The lowest BCUT2D eigenvalue weighted by Crippen LogP contribution is -2.39. The zero-order valence-corrected chi connectivity index (χ0v) is 15.3. The number of benzene rings is 1. The molecule has 0 spiro atoms. The first kappa shape index (κ1) is 18.3. The zero-order chi connectivity index (χ0) is 18.4. The van der Waals surface area contributed by atoms with E-state index in [1.54, 1.807) is 6.20 Å². The molecule has 4 nitrogen and oxygen atoms in total. The van der Waals surface area contributed by atoms with Gasteiger partial charge in [-0.1, -0.05) is 36.4 Å². The zero-order valence-electron chi connectivity index (χ0n) is 15.3. The first-order valence-corrected chi connectivity index (χ1v) is 9.27. The second kappa shape index (κ2) is 8.77. The molecular formula is C22H26N2O2. The largest absolute Gasteiger partial charge is 0.481 e. The number of aliphatic carboxylic acids is 1. The van der Waals surface area contributed by atoms with E-state index in [1.165, 1.54) is 16.7 Å². The van der Waals surface area contributed by atoms with Gasteiger partial charge in [-0.2, -0.15) is 0 Å². The maximum absolute atomic E-state index is 11.2. The van der Waals surface area contributed by atoms with Crippen molar-refractivity contribution >= 4 is 11.5 Å². The van der Waals surface area contributed by atoms with Gasteiger partial charge < -0.3 is 10.0 Å². The fourth-order valence-corrected chi connectivity index (χ4v) is 3.63. The summed E-state index contributed by atoms with van der Waals surface area (Å²) >= 11 is 0. The number of rotatable bonds is 6. The molecule has 1 unspecified atom stereocenters. The molecule has 4 heteroatoms. The highest BCUT2D eigenvalue weighted by Crippen LogP contribution is 2.26. The highest BCUT2D eigenvalue weighted by molar-refractivity contribution is 5.80. The van der Waals surface area contributed by atoms with E-state index in [1.807, 2.05) is 12.3 Å². The lowest BCUT2D eigenvalue weighted by atomic mass is 9.94. The Labute approximate surface area is 155 Å². The lowest BCUT2D eigenvalue weighted by molar-refractivity contribution is -0.143. The van der Waals surface area contributed by atoms with Gasteiger partial charge in [0.25, 0.3) is 0 Å². The summed E-state index contributed by atoms with van der Waals surface area (Å²) in [5.41, 5.74) is 4.78. The van der Waals surface area contributed by atoms with Crippen LogP contribution in [0.3, 0.4) is 0 Å². The van der Waals surface area contributed by atoms with E-state index in [0.29, 0.717) is 6.54 Å². The predicted molar refractivity (Wildman–Crippen MR) is 104 cm³/mol. The van der Waals surface area contributed by atoms with Crippen molar-refractivity contribution < 1.29 is 9.90 Å². The molecule has 0 aliphatic carbocycles. The summed E-state index contributed by atoms with van der Waals surface area (Å²) < 4.78 is 0. The molecule has 0 saturated carbocycles. The first-order chi connectivity index (χ1) is 12.6. The van der Waals surface area contributed by atoms with Crippen LogP contribution in [0.5, 0.6) is 0 Å². The van der Waals surface area contributed by atoms with Gasteiger partial charge in [0.2, 0.25) is 0 Å². The van der Waals surface area contributed by atoms with Crippen LogP contribution in [0.4, 0.5) is 0 Å². The molecule has 1 fully saturated rings. The average molecular weight is 350 g/mol. The van der Waals surface area contributed by atoms with Crippen molar-refractivity contribution in [3.05, 3.63) is 71.6 Å². The SMILES string of the molecule is Cc1ccccc1C(=CCCN1CCCC(C(=O)O)C1)c1cccnc1. The molecule has 26 heavy (non-hydrogen) atoms. The van der Waals surface area contributed by atoms with E-state index in [0.717, 1.165) is 37.9 Å². The minimum atomic E-state index is -0.666. The minimum Gasteiger partial charge on any atom is -0.481 e. The highest BCUT2D eigenvalue weighted by atomic mass is 16.4. The van der Waals surface area contributed by atoms with E-state index in [-0.39, 0.29) is 5.92 Å². The maximum atomic E-state index is 11.2. The summed E-state index contributed by atoms with van der Waals surface area (Å²) in [5.74, 6) is -0.886. The van der Waals surface area contributed by atoms with E-state index in [2.05, 4.69) is 53.2 Å². The molecule has 2 aromatic rings. The van der Waals surface area contributed by atoms with Crippen molar-refractivity contribution in [2.24, 2.45) is 5.92 Å². The number of pyridine rings is 1. The minimum absolute atomic E-state index is 0.220. The summed E-state index contributed by atoms with van der Waals surface area (Å²) in [5, 5.41) is 9.25. The number of hydrogen-bond acceptors (Lipinski definition) is 3. The Hall–Kier alpha value is -2.46. The fourth-order valence-electron chi connectivity index (χ4n) is 3.63. The lowest BCUT2D eigenvalue weighted by Gasteiger charge is -2.30. The standard InChI is InChI=1S/C22H26N2O2/c1-17-7-2-3-10-20(17)21(18-8-4-12-23-15-18)11-6-14-24-13-5-9-19(16-24)22(25)26/h2-4,7-8,10-12,15,19H,5-6,9,13-14,16H2,1H3,(H,25,26). The molecule has 136 valence electrons. The van der Waals surface area contributed by atoms with Crippen LogP contribution in [0.15, 0.2) is 54.9 Å². The van der Waals surface area contributed by atoms with Crippen molar-refractivity contribution in [2.45, 2.75) is 26.2 Å². The van der Waals surface area contributed by atoms with Gasteiger partial charge in [-0.3, -0.25) is 9.78 Å². The molecule has 3 rings (SSSR count). The summed E-state index contributed by atoms with van der Waals surface area (Å²) in [7, 11) is 0. The van der Waals surface area contributed by atoms with Crippen LogP contribution >= 0.6 is 0 Å². The number of carboxylic acids is 1. The highest BCUT2D eigenvalue weighted by Gasteiger charge is 2.24. The van der Waals surface area contributed by atoms with E-state index in [4.69, 9.17) is 0 Å². The maximum Gasteiger partial charge on any atom is 0.307 e. The number of likely N-dealkylation sites (tertiary alicyclic amines) is 1. The van der Waals surface area contributed by atoms with Crippen LogP contribution in [0.25, 0.3) is 5.57 Å². The molecule has 1 aromatic heterocycles. The van der Waals surface area contributed by atoms with E-state index >= 15 is 0 Å². The Morgan fingerprint density at radius 2 is 2.15 bits per heavy atom. The third-order valence-corrected chi connectivity index (χ3v) is 5.06. The number of carboxylic acid groups (broad SMARTS) is 1. The van der Waals surface area contributed by atoms with Crippen LogP contribution < -0.4 is 0 Å². The van der Waals surface area contributed by atoms with Gasteiger partial charge in [-0.15, -0.1) is 0 Å². The number of nitrogens with zero attached hydrogens (tertiary/aromatic N) is 2. The van der Waals surface area contributed by atoms with Crippen molar-refractivity contribution in [1.29, 1.82) is 0 Å². The predicted octanol–water partition coefficient (Wildman–Crippen LogP) is 4.01. The number of carbonyl (C=O) groups is 1. The van der Waals surface area contributed by atoms with Crippen LogP contribution in [0, 0.1) is 12.8 Å². The molecule has 1 aliphatic heterocycles. The first-order valence-electron chi connectivity index (χ1n) is 9.27. The molecule has 0 amide bonds. The van der Waals surface area contributed by atoms with Gasteiger partial charge in [0.15, 0.2) is 0 Å². The summed E-state index contributed by atoms with van der Waals surface area (Å²) in [6, 6.07) is 12.4. The van der Waals surface area contributed by atoms with Crippen molar-refractivity contribution in [2.75, 3.05) is 19.6 Å². The summed E-state index contributed by atoms with van der Waals surface area (Å²) in [4.78, 5) is 17.8. The molecule has 1 saturated heterocycles. The molecule has 0 bridgehead atoms. The van der Waals surface area contributed by atoms with Gasteiger partial charge in [0.05, 0.1) is 5.92 Å². The van der Waals surface area contributed by atoms with Crippen molar-refractivity contribution in [3.8, 4) is 0 Å². The Balaban J connectivity index is 1.75. The fraction of sp³-hybridized carbons (Fsp3) is 0.364. The van der Waals surface area contributed by atoms with Crippen LogP contribution in [0.2, 0.25) is 0 Å². The van der Waals surface area contributed by atoms with Crippen LogP contribution in [-0.4, -0.2) is 40.6 Å². The number of hydrogen-bond donors (Lipinski definition) is 1. The Kier molecular flexibility index (Phi) is 6.18. The van der Waals surface area contributed by atoms with Crippen molar-refractivity contribution in [1.82, 2.24) is 9.88 Å². The molecule has 1 atom stereocenters. The molecule has 2 heterocycles. The second-order valence-corrected chi connectivity index (χ2v) is 6.94. The van der Waals surface area contributed by atoms with E-state index in [9.17, 15) is 9.90 Å². The average Bonchev–Trinajstić information content (AvgIpc) is 2.67. The third-order valence-electron chi connectivity index (χ3n) is 5.06. The molecule has 1 N–H and O–H groups in total. The second-order valence-electron chi connectivity index (χ2n) is 6.94. The van der Waals surface area contributed by atoms with Gasteiger partial charge >= 0.3 is 5.97 Å². The quantitative estimate of drug-likeness (QED) is 0.855. The number of aromatic nitrogens is 1. The van der Waals surface area contributed by atoms with Crippen molar-refractivity contribution in [3.63, 3.8) is 0 Å². The number of aryl methyl sites for hydroxylation is 1. The normalized spacial score (nSPS) is 18.7.